The van der Waals surface area contributed by atoms with Crippen LogP contribution < -0.4 is 11.1 Å². The molecular weight excluding hydrogens is 240 g/mol. The van der Waals surface area contributed by atoms with E-state index in [0.717, 1.165) is 5.57 Å². The number of terminal acetylenes is 1. The molecule has 0 fully saturated rings. The van der Waals surface area contributed by atoms with Crippen molar-refractivity contribution in [3.05, 3.63) is 36.5 Å². The number of allylic oxidation sites excluding steroid dienone is 3. The predicted octanol–water partition coefficient (Wildman–Crippen LogP) is 1.39. The monoisotopic (exact) mass is 266 g/mol. The number of aliphatic hydroxyl groups is 1. The van der Waals surface area contributed by atoms with Crippen LogP contribution in [0.4, 0.5) is 0 Å². The molecule has 4 nitrogen and oxygen atoms in total. The van der Waals surface area contributed by atoms with Crippen molar-refractivity contribution in [2.45, 2.75) is 26.9 Å². The summed E-state index contributed by atoms with van der Waals surface area (Å²) < 4.78 is 0. The van der Waals surface area contributed by atoms with Gasteiger partial charge in [0.15, 0.2) is 0 Å². The van der Waals surface area contributed by atoms with Crippen LogP contribution in [0.15, 0.2) is 36.5 Å². The molecule has 19 heavy (non-hydrogen) atoms. The van der Waals surface area contributed by atoms with Crippen LogP contribution in [0.1, 0.15) is 20.8 Å². The van der Waals surface area contributed by atoms with Crippen molar-refractivity contribution in [1.29, 1.82) is 0 Å². The second-order valence-corrected chi connectivity index (χ2v) is 2.93. The molecule has 1 unspecified atom stereocenters. The molecule has 0 aliphatic carbocycles. The highest BCUT2D eigenvalue weighted by Crippen LogP contribution is 1.95. The molecule has 0 aromatic carbocycles. The smallest absolute Gasteiger partial charge is 0.250 e. The van der Waals surface area contributed by atoms with Gasteiger partial charge >= 0.3 is 0 Å². The molecule has 0 bridgehead atoms. The topological polar surface area (TPSA) is 75.3 Å². The van der Waals surface area contributed by atoms with E-state index in [1.807, 2.05) is 32.9 Å². The zero-order valence-electron chi connectivity index (χ0n) is 12.1. The van der Waals surface area contributed by atoms with Gasteiger partial charge in [-0.05, 0) is 12.5 Å². The first-order valence-corrected chi connectivity index (χ1v) is 6.09. The largest absolute Gasteiger partial charge is 0.382 e. The van der Waals surface area contributed by atoms with E-state index in [4.69, 9.17) is 10.8 Å². The van der Waals surface area contributed by atoms with Gasteiger partial charge in [-0.15, -0.1) is 12.8 Å². The van der Waals surface area contributed by atoms with Crippen LogP contribution in [0.25, 0.3) is 0 Å². The Kier molecular flexibility index (Phi) is 21.8. The number of nitrogens with two attached hydrogens (primary N) is 1. The Morgan fingerprint density at radius 1 is 1.47 bits per heavy atom. The van der Waals surface area contributed by atoms with Gasteiger partial charge in [0.05, 0.1) is 0 Å². The Morgan fingerprint density at radius 2 is 2.00 bits per heavy atom. The maximum absolute atomic E-state index is 11.2. The Hall–Kier alpha value is -1.83. The van der Waals surface area contributed by atoms with E-state index in [1.165, 1.54) is 0 Å². The normalized spacial score (nSPS) is 11.4. The molecule has 4 N–H and O–H groups in total. The van der Waals surface area contributed by atoms with Crippen LogP contribution in [0.3, 0.4) is 0 Å². The summed E-state index contributed by atoms with van der Waals surface area (Å²) in [6, 6.07) is 0. The fourth-order valence-electron chi connectivity index (χ4n) is 0.863. The van der Waals surface area contributed by atoms with E-state index in [0.29, 0.717) is 6.54 Å². The summed E-state index contributed by atoms with van der Waals surface area (Å²) in [5, 5.41) is 11.7. The minimum Gasteiger partial charge on any atom is -0.382 e. The number of hydrogen-bond donors (Lipinski definition) is 3. The van der Waals surface area contributed by atoms with Crippen molar-refractivity contribution in [3.8, 4) is 12.8 Å². The summed E-state index contributed by atoms with van der Waals surface area (Å²) in [6.07, 6.45) is 14.0. The van der Waals surface area contributed by atoms with Gasteiger partial charge < -0.3 is 16.2 Å². The predicted molar refractivity (Wildman–Crippen MR) is 82.4 cm³/mol. The average Bonchev–Trinajstić information content (AvgIpc) is 2.50. The average molecular weight is 266 g/mol. The molecule has 0 spiro atoms. The van der Waals surface area contributed by atoms with Gasteiger partial charge in [0, 0.05) is 13.1 Å². The summed E-state index contributed by atoms with van der Waals surface area (Å²) in [6.45, 7) is 9.72. The van der Waals surface area contributed by atoms with Gasteiger partial charge in [0.25, 0.3) is 0 Å². The zero-order valence-corrected chi connectivity index (χ0v) is 12.1. The first-order valence-electron chi connectivity index (χ1n) is 6.09. The second-order valence-electron chi connectivity index (χ2n) is 2.93. The maximum Gasteiger partial charge on any atom is 0.250 e. The van der Waals surface area contributed by atoms with Gasteiger partial charge in [-0.3, -0.25) is 4.79 Å². The van der Waals surface area contributed by atoms with Gasteiger partial charge in [-0.2, -0.15) is 0 Å². The fourth-order valence-corrected chi connectivity index (χ4v) is 0.863. The van der Waals surface area contributed by atoms with Crippen molar-refractivity contribution in [1.82, 2.24) is 5.32 Å². The van der Waals surface area contributed by atoms with Gasteiger partial charge in [0.1, 0.15) is 6.10 Å². The Balaban J connectivity index is -0.000000579. The highest BCUT2D eigenvalue weighted by Gasteiger charge is 2.11. The first kappa shape index (κ1) is 22.4. The molecule has 108 valence electrons. The van der Waals surface area contributed by atoms with Crippen LogP contribution in [0, 0.1) is 12.8 Å². The van der Waals surface area contributed by atoms with Crippen LogP contribution >= 0.6 is 0 Å². The van der Waals surface area contributed by atoms with Gasteiger partial charge in [-0.25, -0.2) is 0 Å². The summed E-state index contributed by atoms with van der Waals surface area (Å²) >= 11 is 0. The molecule has 4 heteroatoms. The SMILES string of the molecule is C#C.C=C/C=C\C(=C/C)CNC(=O)C(O)CN.CC. The van der Waals surface area contributed by atoms with E-state index in [-0.39, 0.29) is 6.54 Å². The lowest BCUT2D eigenvalue weighted by Gasteiger charge is -2.09. The molecule has 1 atom stereocenters. The van der Waals surface area contributed by atoms with Crippen molar-refractivity contribution in [2.75, 3.05) is 13.1 Å². The van der Waals surface area contributed by atoms with E-state index >= 15 is 0 Å². The Bertz CT molecular complexity index is 305. The lowest BCUT2D eigenvalue weighted by molar-refractivity contribution is -0.128. The molecule has 0 rings (SSSR count). The highest BCUT2D eigenvalue weighted by molar-refractivity contribution is 5.80. The highest BCUT2D eigenvalue weighted by atomic mass is 16.3. The molecule has 0 aliphatic heterocycles. The lowest BCUT2D eigenvalue weighted by atomic mass is 10.2. The molecule has 0 aliphatic rings. The third-order valence-corrected chi connectivity index (χ3v) is 1.81. The third-order valence-electron chi connectivity index (χ3n) is 1.81. The fraction of sp³-hybridized carbons (Fsp3) is 0.400. The van der Waals surface area contributed by atoms with Crippen LogP contribution in [0.5, 0.6) is 0 Å². The third kappa shape index (κ3) is 14.1. The van der Waals surface area contributed by atoms with Crippen molar-refractivity contribution in [2.24, 2.45) is 5.73 Å². The van der Waals surface area contributed by atoms with Gasteiger partial charge in [0.2, 0.25) is 5.91 Å². The molecular formula is C15H26N2O2. The molecule has 0 aromatic rings. The summed E-state index contributed by atoms with van der Waals surface area (Å²) in [5.74, 6) is -0.455. The van der Waals surface area contributed by atoms with E-state index < -0.39 is 12.0 Å². The lowest BCUT2D eigenvalue weighted by Crippen LogP contribution is -2.39. The minimum atomic E-state index is -1.13. The second kappa shape index (κ2) is 18.5. The summed E-state index contributed by atoms with van der Waals surface area (Å²) in [5.41, 5.74) is 6.08. The number of carbonyl (C=O) groups is 1. The van der Waals surface area contributed by atoms with Crippen LogP contribution in [0.2, 0.25) is 0 Å². The van der Waals surface area contributed by atoms with Crippen LogP contribution in [-0.2, 0) is 4.79 Å². The summed E-state index contributed by atoms with van der Waals surface area (Å²) in [7, 11) is 0. The molecule has 0 heterocycles. The Morgan fingerprint density at radius 3 is 2.37 bits per heavy atom. The van der Waals surface area contributed by atoms with Crippen molar-refractivity contribution in [3.63, 3.8) is 0 Å². The number of amides is 1. The Labute approximate surface area is 117 Å². The summed E-state index contributed by atoms with van der Waals surface area (Å²) in [4.78, 5) is 11.2. The minimum absolute atomic E-state index is 0.0699. The molecule has 0 saturated heterocycles. The maximum atomic E-state index is 11.2. The van der Waals surface area contributed by atoms with Crippen molar-refractivity contribution >= 4 is 5.91 Å². The van der Waals surface area contributed by atoms with Crippen LogP contribution in [-0.4, -0.2) is 30.2 Å². The number of hydrogen-bond acceptors (Lipinski definition) is 3. The zero-order chi connectivity index (χ0) is 15.7. The number of nitrogens with one attached hydrogen (secondary N) is 1. The first-order chi connectivity index (χ1) is 9.15. The number of aliphatic hydroxyl groups excluding tert-OH is 1. The van der Waals surface area contributed by atoms with Crippen molar-refractivity contribution < 1.29 is 9.90 Å². The number of rotatable bonds is 6. The molecule has 1 amide bonds. The van der Waals surface area contributed by atoms with E-state index in [2.05, 4.69) is 24.7 Å². The van der Waals surface area contributed by atoms with E-state index in [1.54, 1.807) is 12.2 Å². The standard InChI is InChI=1S/C11H18N2O2.C2H6.C2H2/c1-3-5-6-9(4-2)8-13-11(15)10(14)7-12;2*1-2/h3-6,10,14H,1,7-8,12H2,2H3,(H,13,15);1-2H3;1-2H/b6-5-,9-4+;;. The quantitative estimate of drug-likeness (QED) is 0.502. The van der Waals surface area contributed by atoms with E-state index in [9.17, 15) is 4.79 Å². The van der Waals surface area contributed by atoms with Gasteiger partial charge in [-0.1, -0.05) is 44.7 Å². The molecule has 0 aromatic heterocycles. The molecule has 0 radical (unpaired) electrons. The molecule has 0 saturated carbocycles. The number of carbonyl (C=O) groups excluding carboxylic acids is 1.